The second-order valence-electron chi connectivity index (χ2n) is 6.45. The van der Waals surface area contributed by atoms with Crippen molar-refractivity contribution in [3.05, 3.63) is 71.0 Å². The summed E-state index contributed by atoms with van der Waals surface area (Å²) in [6.45, 7) is -0.0522. The lowest BCUT2D eigenvalue weighted by Crippen LogP contribution is -2.21. The zero-order chi connectivity index (χ0) is 20.1. The molecule has 1 fully saturated rings. The van der Waals surface area contributed by atoms with Gasteiger partial charge in [0.1, 0.15) is 5.75 Å². The first-order valence-electron chi connectivity index (χ1n) is 9.24. The van der Waals surface area contributed by atoms with Gasteiger partial charge < -0.3 is 10.1 Å². The third-order valence-electron chi connectivity index (χ3n) is 4.33. The number of halogens is 1. The van der Waals surface area contributed by atoms with Crippen molar-refractivity contribution < 1.29 is 9.53 Å². The van der Waals surface area contributed by atoms with Crippen molar-refractivity contribution in [2.45, 2.75) is 11.0 Å². The molecule has 2 heterocycles. The summed E-state index contributed by atoms with van der Waals surface area (Å²) in [5.74, 6) is 2.91. The minimum Gasteiger partial charge on any atom is -0.484 e. The molecule has 4 rings (SSSR count). The predicted octanol–water partition coefficient (Wildman–Crippen LogP) is 5.52. The van der Waals surface area contributed by atoms with E-state index in [-0.39, 0.29) is 12.5 Å². The molecule has 1 aliphatic heterocycles. The van der Waals surface area contributed by atoms with Crippen LogP contribution in [-0.4, -0.2) is 33.8 Å². The van der Waals surface area contributed by atoms with E-state index in [2.05, 4.69) is 38.5 Å². The van der Waals surface area contributed by atoms with E-state index in [1.165, 1.54) is 23.5 Å². The fourth-order valence-electron chi connectivity index (χ4n) is 2.95. The molecule has 2 aromatic carbocycles. The molecule has 150 valence electrons. The standard InChI is InChI=1S/C21H20BrN3O2S2/c22-16-12-23-25(13-16)19-5-2-1-4-18(19)24-20(26)14-27-17-8-6-15(7-9-17)21-28-10-3-11-29-21/h1-2,4-9,12-13,21H,3,10-11,14H2,(H,24,26). The molecule has 1 amide bonds. The molecule has 1 saturated heterocycles. The number of para-hydroxylation sites is 2. The molecule has 1 N–H and O–H groups in total. The maximum atomic E-state index is 12.4. The van der Waals surface area contributed by atoms with Gasteiger partial charge >= 0.3 is 0 Å². The first kappa shape index (κ1) is 20.4. The third-order valence-corrected chi connectivity index (χ3v) is 7.75. The van der Waals surface area contributed by atoms with Gasteiger partial charge in [-0.3, -0.25) is 4.79 Å². The van der Waals surface area contributed by atoms with Gasteiger partial charge in [0.25, 0.3) is 5.91 Å². The Morgan fingerprint density at radius 1 is 1.17 bits per heavy atom. The molecule has 0 aliphatic carbocycles. The highest BCUT2D eigenvalue weighted by atomic mass is 79.9. The Morgan fingerprint density at radius 3 is 2.66 bits per heavy atom. The van der Waals surface area contributed by atoms with Gasteiger partial charge in [-0.1, -0.05) is 24.3 Å². The van der Waals surface area contributed by atoms with Crippen molar-refractivity contribution >= 4 is 51.0 Å². The number of thioether (sulfide) groups is 2. The highest BCUT2D eigenvalue weighted by Crippen LogP contribution is 2.43. The summed E-state index contributed by atoms with van der Waals surface area (Å²) in [6.07, 6.45) is 4.82. The van der Waals surface area contributed by atoms with E-state index in [1.54, 1.807) is 10.9 Å². The zero-order valence-electron chi connectivity index (χ0n) is 15.6. The molecule has 0 radical (unpaired) electrons. The fraction of sp³-hybridized carbons (Fsp3) is 0.238. The fourth-order valence-corrected chi connectivity index (χ4v) is 6.13. The summed E-state index contributed by atoms with van der Waals surface area (Å²) in [5, 5.41) is 7.18. The smallest absolute Gasteiger partial charge is 0.262 e. The van der Waals surface area contributed by atoms with Crippen LogP contribution in [-0.2, 0) is 4.79 Å². The van der Waals surface area contributed by atoms with Crippen molar-refractivity contribution in [3.8, 4) is 11.4 Å². The normalized spacial score (nSPS) is 14.5. The van der Waals surface area contributed by atoms with Crippen LogP contribution in [0, 0.1) is 0 Å². The average Bonchev–Trinajstić information content (AvgIpc) is 3.20. The zero-order valence-corrected chi connectivity index (χ0v) is 18.8. The lowest BCUT2D eigenvalue weighted by molar-refractivity contribution is -0.118. The van der Waals surface area contributed by atoms with Crippen molar-refractivity contribution in [2.75, 3.05) is 23.4 Å². The van der Waals surface area contributed by atoms with Crippen LogP contribution < -0.4 is 10.1 Å². The number of ether oxygens (including phenoxy) is 1. The topological polar surface area (TPSA) is 56.1 Å². The molecular weight excluding hydrogens is 470 g/mol. The number of aromatic nitrogens is 2. The molecule has 5 nitrogen and oxygen atoms in total. The van der Waals surface area contributed by atoms with Crippen molar-refractivity contribution in [1.82, 2.24) is 9.78 Å². The number of carbonyl (C=O) groups is 1. The Balaban J connectivity index is 1.35. The first-order chi connectivity index (χ1) is 14.2. The predicted molar refractivity (Wildman–Crippen MR) is 124 cm³/mol. The van der Waals surface area contributed by atoms with Gasteiger partial charge in [0.2, 0.25) is 0 Å². The number of rotatable bonds is 6. The summed E-state index contributed by atoms with van der Waals surface area (Å²) in [6, 6.07) is 15.6. The van der Waals surface area contributed by atoms with Crippen LogP contribution in [0.1, 0.15) is 16.6 Å². The van der Waals surface area contributed by atoms with Gasteiger partial charge in [0.15, 0.2) is 6.61 Å². The molecule has 0 atom stereocenters. The van der Waals surface area contributed by atoms with Crippen molar-refractivity contribution in [2.24, 2.45) is 0 Å². The van der Waals surface area contributed by atoms with E-state index in [0.29, 0.717) is 16.0 Å². The SMILES string of the molecule is O=C(COc1ccc(C2SCCCS2)cc1)Nc1ccccc1-n1cc(Br)cn1. The summed E-state index contributed by atoms with van der Waals surface area (Å²) >= 11 is 7.37. The van der Waals surface area contributed by atoms with Gasteiger partial charge in [0, 0.05) is 6.20 Å². The van der Waals surface area contributed by atoms with Gasteiger partial charge in [-0.15, -0.1) is 23.5 Å². The summed E-state index contributed by atoms with van der Waals surface area (Å²) in [5.41, 5.74) is 2.77. The minimum absolute atomic E-state index is 0.0522. The number of nitrogens with one attached hydrogen (secondary N) is 1. The Labute approximate surface area is 186 Å². The molecule has 1 aromatic heterocycles. The van der Waals surface area contributed by atoms with Crippen molar-refractivity contribution in [3.63, 3.8) is 0 Å². The Morgan fingerprint density at radius 2 is 1.93 bits per heavy atom. The second-order valence-corrected chi connectivity index (χ2v) is 10.1. The molecule has 3 aromatic rings. The number of amides is 1. The highest BCUT2D eigenvalue weighted by Gasteiger charge is 2.16. The van der Waals surface area contributed by atoms with E-state index in [4.69, 9.17) is 4.74 Å². The third kappa shape index (κ3) is 5.38. The van der Waals surface area contributed by atoms with Gasteiger partial charge in [-0.05, 0) is 63.7 Å². The lowest BCUT2D eigenvalue weighted by atomic mass is 10.2. The molecule has 29 heavy (non-hydrogen) atoms. The Hall–Kier alpha value is -1.90. The monoisotopic (exact) mass is 489 g/mol. The van der Waals surface area contributed by atoms with Crippen LogP contribution in [0.15, 0.2) is 65.4 Å². The van der Waals surface area contributed by atoms with Crippen LogP contribution in [0.25, 0.3) is 5.69 Å². The molecular formula is C21H20BrN3O2S2. The quantitative estimate of drug-likeness (QED) is 0.493. The number of hydrogen-bond donors (Lipinski definition) is 1. The Bertz CT molecular complexity index is 972. The first-order valence-corrected chi connectivity index (χ1v) is 12.1. The van der Waals surface area contributed by atoms with Crippen LogP contribution in [0.3, 0.4) is 0 Å². The number of carbonyl (C=O) groups excluding carboxylic acids is 1. The van der Waals surface area contributed by atoms with E-state index in [0.717, 1.165) is 10.2 Å². The van der Waals surface area contributed by atoms with E-state index < -0.39 is 0 Å². The van der Waals surface area contributed by atoms with Crippen LogP contribution >= 0.6 is 39.5 Å². The summed E-state index contributed by atoms with van der Waals surface area (Å²) < 4.78 is 8.76. The number of hydrogen-bond acceptors (Lipinski definition) is 5. The van der Waals surface area contributed by atoms with Crippen LogP contribution in [0.4, 0.5) is 5.69 Å². The number of nitrogens with zero attached hydrogens (tertiary/aromatic N) is 2. The lowest BCUT2D eigenvalue weighted by Gasteiger charge is -2.21. The maximum Gasteiger partial charge on any atom is 0.262 e. The minimum atomic E-state index is -0.217. The second kappa shape index (κ2) is 9.73. The molecule has 8 heteroatoms. The molecule has 0 saturated carbocycles. The van der Waals surface area contributed by atoms with E-state index in [1.807, 2.05) is 66.1 Å². The largest absolute Gasteiger partial charge is 0.484 e. The van der Waals surface area contributed by atoms with Crippen LogP contribution in [0.5, 0.6) is 5.75 Å². The van der Waals surface area contributed by atoms with Gasteiger partial charge in [-0.2, -0.15) is 5.10 Å². The van der Waals surface area contributed by atoms with Crippen molar-refractivity contribution in [1.29, 1.82) is 0 Å². The summed E-state index contributed by atoms with van der Waals surface area (Å²) in [7, 11) is 0. The number of anilines is 1. The molecule has 1 aliphatic rings. The van der Waals surface area contributed by atoms with Crippen LogP contribution in [0.2, 0.25) is 0 Å². The molecule has 0 spiro atoms. The van der Waals surface area contributed by atoms with E-state index in [9.17, 15) is 4.79 Å². The average molecular weight is 490 g/mol. The van der Waals surface area contributed by atoms with E-state index >= 15 is 0 Å². The molecule has 0 bridgehead atoms. The maximum absolute atomic E-state index is 12.4. The van der Waals surface area contributed by atoms with Gasteiger partial charge in [-0.25, -0.2) is 4.68 Å². The molecule has 0 unspecified atom stereocenters. The van der Waals surface area contributed by atoms with Gasteiger partial charge in [0.05, 0.1) is 26.6 Å². The number of benzene rings is 2. The Kier molecular flexibility index (Phi) is 6.84. The summed E-state index contributed by atoms with van der Waals surface area (Å²) in [4.78, 5) is 12.4. The highest BCUT2D eigenvalue weighted by molar-refractivity contribution is 9.10.